The molecular weight excluding hydrogens is 298 g/mol. The lowest BCUT2D eigenvalue weighted by atomic mass is 10.1. The van der Waals surface area contributed by atoms with Gasteiger partial charge in [0.05, 0.1) is 0 Å². The van der Waals surface area contributed by atoms with Gasteiger partial charge in [0.15, 0.2) is 5.13 Å². The molecule has 3 heterocycles. The maximum atomic E-state index is 12.1. The average molecular weight is 315 g/mol. The zero-order valence-corrected chi connectivity index (χ0v) is 13.5. The van der Waals surface area contributed by atoms with Gasteiger partial charge in [0.2, 0.25) is 5.91 Å². The van der Waals surface area contributed by atoms with Crippen molar-refractivity contribution in [3.63, 3.8) is 0 Å². The molecule has 7 heteroatoms. The molecule has 0 unspecified atom stereocenters. The maximum absolute atomic E-state index is 12.1. The summed E-state index contributed by atoms with van der Waals surface area (Å²) in [7, 11) is 1.76. The van der Waals surface area contributed by atoms with Gasteiger partial charge in [-0.3, -0.25) is 9.69 Å². The highest BCUT2D eigenvalue weighted by atomic mass is 32.1. The third-order valence-electron chi connectivity index (χ3n) is 3.33. The highest BCUT2D eigenvalue weighted by Gasteiger charge is 2.17. The molecule has 0 saturated carbocycles. The van der Waals surface area contributed by atoms with E-state index in [1.54, 1.807) is 11.9 Å². The number of hydrogen-bond acceptors (Lipinski definition) is 5. The first-order valence-corrected chi connectivity index (χ1v) is 7.94. The van der Waals surface area contributed by atoms with Crippen LogP contribution in [0.4, 0.5) is 5.13 Å². The van der Waals surface area contributed by atoms with Gasteiger partial charge in [0.25, 0.3) is 0 Å². The molecule has 0 aliphatic rings. The van der Waals surface area contributed by atoms with E-state index in [0.29, 0.717) is 17.5 Å². The first kappa shape index (κ1) is 14.6. The SMILES string of the molecule is CC(C)CC(=O)N(C)c1nc(-c2ncnc3[nH]ccc23)cs1. The van der Waals surface area contributed by atoms with Crippen LogP contribution in [0.3, 0.4) is 0 Å². The Morgan fingerprint density at radius 1 is 1.41 bits per heavy atom. The third-order valence-corrected chi connectivity index (χ3v) is 4.25. The van der Waals surface area contributed by atoms with Gasteiger partial charge in [0, 0.05) is 30.4 Å². The molecule has 0 bridgehead atoms. The second-order valence-corrected chi connectivity index (χ2v) is 6.36. The number of carbonyl (C=O) groups excluding carboxylic acids is 1. The number of H-pyrrole nitrogens is 1. The van der Waals surface area contributed by atoms with Crippen molar-refractivity contribution in [1.29, 1.82) is 0 Å². The Morgan fingerprint density at radius 2 is 2.23 bits per heavy atom. The van der Waals surface area contributed by atoms with Crippen molar-refractivity contribution < 1.29 is 4.79 Å². The Balaban J connectivity index is 1.91. The smallest absolute Gasteiger partial charge is 0.228 e. The summed E-state index contributed by atoms with van der Waals surface area (Å²) < 4.78 is 0. The standard InChI is InChI=1S/C15H17N5OS/c1-9(2)6-12(21)20(3)15-19-11(7-22-15)13-10-4-5-16-14(10)18-8-17-13/h4-5,7-9H,6H2,1-3H3,(H,16,17,18). The zero-order valence-electron chi connectivity index (χ0n) is 12.7. The number of carbonyl (C=O) groups is 1. The fraction of sp³-hybridized carbons (Fsp3) is 0.333. The number of rotatable bonds is 4. The van der Waals surface area contributed by atoms with E-state index in [4.69, 9.17) is 0 Å². The molecule has 0 aromatic carbocycles. The molecule has 0 fully saturated rings. The molecule has 22 heavy (non-hydrogen) atoms. The van der Waals surface area contributed by atoms with Crippen LogP contribution in [0.2, 0.25) is 0 Å². The van der Waals surface area contributed by atoms with Crippen molar-refractivity contribution in [2.45, 2.75) is 20.3 Å². The summed E-state index contributed by atoms with van der Waals surface area (Å²) in [5.41, 5.74) is 2.32. The minimum Gasteiger partial charge on any atom is -0.346 e. The van der Waals surface area contributed by atoms with Crippen molar-refractivity contribution in [2.75, 3.05) is 11.9 Å². The topological polar surface area (TPSA) is 74.8 Å². The molecule has 0 atom stereocenters. The third kappa shape index (κ3) is 2.71. The molecule has 3 rings (SSSR count). The molecule has 1 N–H and O–H groups in total. The summed E-state index contributed by atoms with van der Waals surface area (Å²) in [5, 5.41) is 3.53. The number of thiazole rings is 1. The van der Waals surface area contributed by atoms with Crippen LogP contribution in [-0.4, -0.2) is 32.9 Å². The van der Waals surface area contributed by atoms with Gasteiger partial charge in [-0.2, -0.15) is 0 Å². The van der Waals surface area contributed by atoms with Crippen LogP contribution in [0.25, 0.3) is 22.4 Å². The first-order valence-electron chi connectivity index (χ1n) is 7.07. The number of anilines is 1. The summed E-state index contributed by atoms with van der Waals surface area (Å²) in [5.74, 6) is 0.404. The normalized spacial score (nSPS) is 11.3. The summed E-state index contributed by atoms with van der Waals surface area (Å²) in [6, 6.07) is 1.93. The summed E-state index contributed by atoms with van der Waals surface area (Å²) in [6.45, 7) is 4.06. The predicted molar refractivity (Wildman–Crippen MR) is 87.9 cm³/mol. The second-order valence-electron chi connectivity index (χ2n) is 5.53. The molecule has 6 nitrogen and oxygen atoms in total. The molecule has 0 radical (unpaired) electrons. The van der Waals surface area contributed by atoms with E-state index >= 15 is 0 Å². The van der Waals surface area contributed by atoms with Crippen molar-refractivity contribution in [2.24, 2.45) is 5.92 Å². The minimum atomic E-state index is 0.0744. The van der Waals surface area contributed by atoms with Crippen molar-refractivity contribution in [3.05, 3.63) is 24.0 Å². The number of aromatic nitrogens is 4. The number of hydrogen-bond donors (Lipinski definition) is 1. The van der Waals surface area contributed by atoms with Crippen molar-refractivity contribution in [3.8, 4) is 11.4 Å². The van der Waals surface area contributed by atoms with Crippen molar-refractivity contribution >= 4 is 33.4 Å². The average Bonchev–Trinajstić information content (AvgIpc) is 3.14. The van der Waals surface area contributed by atoms with Crippen LogP contribution in [0.1, 0.15) is 20.3 Å². The second kappa shape index (κ2) is 5.84. The molecule has 114 valence electrons. The lowest BCUT2D eigenvalue weighted by Crippen LogP contribution is -2.27. The van der Waals surface area contributed by atoms with Crippen molar-refractivity contribution in [1.82, 2.24) is 19.9 Å². The molecule has 3 aromatic heterocycles. The fourth-order valence-corrected chi connectivity index (χ4v) is 2.99. The predicted octanol–water partition coefficient (Wildman–Crippen LogP) is 3.09. The molecule has 0 aliphatic heterocycles. The van der Waals surface area contributed by atoms with Gasteiger partial charge in [0.1, 0.15) is 23.4 Å². The van der Waals surface area contributed by atoms with E-state index in [9.17, 15) is 4.79 Å². The number of nitrogens with zero attached hydrogens (tertiary/aromatic N) is 4. The van der Waals surface area contributed by atoms with Gasteiger partial charge in [-0.1, -0.05) is 13.8 Å². The van der Waals surface area contributed by atoms with Gasteiger partial charge >= 0.3 is 0 Å². The lowest BCUT2D eigenvalue weighted by Gasteiger charge is -2.14. The lowest BCUT2D eigenvalue weighted by molar-refractivity contribution is -0.119. The van der Waals surface area contributed by atoms with E-state index in [0.717, 1.165) is 22.4 Å². The zero-order chi connectivity index (χ0) is 15.7. The highest BCUT2D eigenvalue weighted by Crippen LogP contribution is 2.29. The van der Waals surface area contributed by atoms with E-state index < -0.39 is 0 Å². The van der Waals surface area contributed by atoms with Crippen LogP contribution in [0.15, 0.2) is 24.0 Å². The summed E-state index contributed by atoms with van der Waals surface area (Å²) in [4.78, 5) is 29.9. The van der Waals surface area contributed by atoms with Gasteiger partial charge < -0.3 is 4.98 Å². The molecule has 3 aromatic rings. The monoisotopic (exact) mass is 315 g/mol. The van der Waals surface area contributed by atoms with Gasteiger partial charge in [-0.05, 0) is 12.0 Å². The Kier molecular flexibility index (Phi) is 3.89. The maximum Gasteiger partial charge on any atom is 0.228 e. The number of amides is 1. The number of nitrogens with one attached hydrogen (secondary N) is 1. The van der Waals surface area contributed by atoms with Gasteiger partial charge in [-0.15, -0.1) is 11.3 Å². The molecule has 1 amide bonds. The summed E-state index contributed by atoms with van der Waals surface area (Å²) >= 11 is 1.44. The van der Waals surface area contributed by atoms with Crippen LogP contribution >= 0.6 is 11.3 Å². The number of fused-ring (bicyclic) bond motifs is 1. The Bertz CT molecular complexity index is 807. The van der Waals surface area contributed by atoms with E-state index in [2.05, 4.69) is 19.9 Å². The fourth-order valence-electron chi connectivity index (χ4n) is 2.20. The molecule has 0 saturated heterocycles. The molecular formula is C15H17N5OS. The number of aromatic amines is 1. The van der Waals surface area contributed by atoms with Gasteiger partial charge in [-0.25, -0.2) is 15.0 Å². The van der Waals surface area contributed by atoms with E-state index in [1.807, 2.05) is 31.5 Å². The first-order chi connectivity index (χ1) is 10.6. The summed E-state index contributed by atoms with van der Waals surface area (Å²) in [6.07, 6.45) is 3.86. The van der Waals surface area contributed by atoms with Crippen LogP contribution < -0.4 is 4.90 Å². The van der Waals surface area contributed by atoms with Crippen LogP contribution in [-0.2, 0) is 4.79 Å². The highest BCUT2D eigenvalue weighted by molar-refractivity contribution is 7.14. The Morgan fingerprint density at radius 3 is 3.00 bits per heavy atom. The van der Waals surface area contributed by atoms with E-state index in [1.165, 1.54) is 17.7 Å². The van der Waals surface area contributed by atoms with E-state index in [-0.39, 0.29) is 5.91 Å². The Hall–Kier alpha value is -2.28. The van der Waals surface area contributed by atoms with Crippen LogP contribution in [0, 0.1) is 5.92 Å². The quantitative estimate of drug-likeness (QED) is 0.803. The molecule has 0 spiro atoms. The van der Waals surface area contributed by atoms with Crippen LogP contribution in [0.5, 0.6) is 0 Å². The largest absolute Gasteiger partial charge is 0.346 e. The minimum absolute atomic E-state index is 0.0744. The molecule has 0 aliphatic carbocycles. The Labute approximate surface area is 132 Å².